The summed E-state index contributed by atoms with van der Waals surface area (Å²) in [7, 11) is 0.219. The molecule has 2 N–H and O–H groups in total. The van der Waals surface area contributed by atoms with E-state index < -0.39 is 11.9 Å². The van der Waals surface area contributed by atoms with Gasteiger partial charge >= 0.3 is 5.97 Å². The first-order chi connectivity index (χ1) is 7.07. The molecule has 0 aromatic carbocycles. The van der Waals surface area contributed by atoms with E-state index >= 15 is 0 Å². The van der Waals surface area contributed by atoms with E-state index in [1.165, 1.54) is 0 Å². The molecule has 2 unspecified atom stereocenters. The van der Waals surface area contributed by atoms with Gasteiger partial charge in [0.2, 0.25) is 0 Å². The molecule has 0 radical (unpaired) electrons. The SMILES string of the molecule is CC(CC(=O)PCCCCCO)C(=O)O. The number of aliphatic hydroxyl groups is 1. The van der Waals surface area contributed by atoms with Gasteiger partial charge in [-0.1, -0.05) is 21.9 Å². The normalized spacial score (nSPS) is 13.2. The fraction of sp³-hybridized carbons (Fsp3) is 0.800. The zero-order valence-electron chi connectivity index (χ0n) is 9.03. The number of carbonyl (C=O) groups excluding carboxylic acids is 1. The first-order valence-electron chi connectivity index (χ1n) is 5.18. The van der Waals surface area contributed by atoms with Crippen LogP contribution in [0.4, 0.5) is 0 Å². The quantitative estimate of drug-likeness (QED) is 0.468. The standard InChI is InChI=1S/C10H19O4P/c1-8(10(13)14)7-9(12)15-6-4-2-3-5-11/h8,11,15H,2-7H2,1H3,(H,13,14). The van der Waals surface area contributed by atoms with Crippen molar-refractivity contribution in [3.63, 3.8) is 0 Å². The average molecular weight is 234 g/mol. The van der Waals surface area contributed by atoms with Crippen molar-refractivity contribution in [3.05, 3.63) is 0 Å². The molecule has 0 aliphatic carbocycles. The van der Waals surface area contributed by atoms with Crippen molar-refractivity contribution in [2.24, 2.45) is 5.92 Å². The van der Waals surface area contributed by atoms with Crippen LogP contribution in [-0.2, 0) is 9.59 Å². The lowest BCUT2D eigenvalue weighted by molar-refractivity contribution is -0.142. The number of rotatable bonds is 9. The van der Waals surface area contributed by atoms with Crippen molar-refractivity contribution < 1.29 is 19.8 Å². The molecular formula is C10H19O4P. The minimum atomic E-state index is -0.909. The van der Waals surface area contributed by atoms with Gasteiger partial charge in [0.25, 0.3) is 0 Å². The summed E-state index contributed by atoms with van der Waals surface area (Å²) in [6.45, 7) is 1.75. The predicted octanol–water partition coefficient (Wildman–Crippen LogP) is 1.46. The topological polar surface area (TPSA) is 74.6 Å². The Hall–Kier alpha value is -0.470. The number of carbonyl (C=O) groups is 2. The highest BCUT2D eigenvalue weighted by Gasteiger charge is 2.14. The molecule has 0 fully saturated rings. The van der Waals surface area contributed by atoms with Gasteiger partial charge < -0.3 is 10.2 Å². The molecule has 5 heteroatoms. The molecule has 0 spiro atoms. The summed E-state index contributed by atoms with van der Waals surface area (Å²) in [6, 6.07) is 0. The van der Waals surface area contributed by atoms with Crippen LogP contribution in [0.2, 0.25) is 0 Å². The highest BCUT2D eigenvalue weighted by atomic mass is 31.1. The molecule has 0 saturated carbocycles. The lowest BCUT2D eigenvalue weighted by Gasteiger charge is -2.04. The van der Waals surface area contributed by atoms with Crippen molar-refractivity contribution in [2.75, 3.05) is 12.8 Å². The van der Waals surface area contributed by atoms with Gasteiger partial charge in [-0.15, -0.1) is 0 Å². The van der Waals surface area contributed by atoms with Crippen molar-refractivity contribution in [1.82, 2.24) is 0 Å². The van der Waals surface area contributed by atoms with Crippen LogP contribution in [-0.4, -0.2) is 34.5 Å². The first-order valence-corrected chi connectivity index (χ1v) is 6.39. The first kappa shape index (κ1) is 14.5. The maximum absolute atomic E-state index is 11.3. The minimum Gasteiger partial charge on any atom is -0.481 e. The maximum atomic E-state index is 11.3. The number of aliphatic carboxylic acids is 1. The summed E-state index contributed by atoms with van der Waals surface area (Å²) >= 11 is 0. The summed E-state index contributed by atoms with van der Waals surface area (Å²) < 4.78 is 0. The van der Waals surface area contributed by atoms with Crippen molar-refractivity contribution in [1.29, 1.82) is 0 Å². The molecule has 0 aromatic heterocycles. The highest BCUT2D eigenvalue weighted by Crippen LogP contribution is 2.19. The monoisotopic (exact) mass is 234 g/mol. The van der Waals surface area contributed by atoms with Crippen LogP contribution in [0.1, 0.15) is 32.6 Å². The summed E-state index contributed by atoms with van der Waals surface area (Å²) in [4.78, 5) is 21.8. The Labute approximate surface area is 91.9 Å². The molecule has 0 amide bonds. The third-order valence-corrected chi connectivity index (χ3v) is 3.27. The Kier molecular flexibility index (Phi) is 8.53. The largest absolute Gasteiger partial charge is 0.481 e. The zero-order valence-corrected chi connectivity index (χ0v) is 10.0. The van der Waals surface area contributed by atoms with E-state index in [0.29, 0.717) is 0 Å². The molecule has 0 heterocycles. The number of hydrogen-bond donors (Lipinski definition) is 2. The van der Waals surface area contributed by atoms with Crippen LogP contribution >= 0.6 is 8.58 Å². The third kappa shape index (κ3) is 8.52. The van der Waals surface area contributed by atoms with Crippen LogP contribution in [0, 0.1) is 5.92 Å². The molecule has 0 saturated heterocycles. The minimum absolute atomic E-state index is 0.0499. The van der Waals surface area contributed by atoms with E-state index in [1.54, 1.807) is 6.92 Å². The fourth-order valence-corrected chi connectivity index (χ4v) is 2.24. The lowest BCUT2D eigenvalue weighted by Crippen LogP contribution is -2.12. The number of aliphatic hydroxyl groups excluding tert-OH is 1. The van der Waals surface area contributed by atoms with E-state index in [1.807, 2.05) is 0 Å². The van der Waals surface area contributed by atoms with Gasteiger partial charge in [-0.2, -0.15) is 0 Å². The second kappa shape index (κ2) is 8.81. The van der Waals surface area contributed by atoms with Crippen LogP contribution in [0.3, 0.4) is 0 Å². The van der Waals surface area contributed by atoms with E-state index in [9.17, 15) is 9.59 Å². The summed E-state index contributed by atoms with van der Waals surface area (Å²) in [6.07, 6.45) is 3.63. The summed E-state index contributed by atoms with van der Waals surface area (Å²) in [5.41, 5.74) is 0.0499. The number of carboxylic acids is 1. The zero-order chi connectivity index (χ0) is 11.7. The fourth-order valence-electron chi connectivity index (χ4n) is 1.08. The lowest BCUT2D eigenvalue weighted by atomic mass is 10.1. The third-order valence-electron chi connectivity index (χ3n) is 2.07. The smallest absolute Gasteiger partial charge is 0.306 e. The van der Waals surface area contributed by atoms with Gasteiger partial charge in [-0.25, -0.2) is 0 Å². The molecule has 4 nitrogen and oxygen atoms in total. The van der Waals surface area contributed by atoms with Gasteiger partial charge in [-0.05, 0) is 19.0 Å². The number of unbranched alkanes of at least 4 members (excludes halogenated alkanes) is 2. The molecule has 0 bridgehead atoms. The van der Waals surface area contributed by atoms with Crippen molar-refractivity contribution in [3.8, 4) is 0 Å². The Balaban J connectivity index is 3.45. The molecule has 88 valence electrons. The second-order valence-electron chi connectivity index (χ2n) is 3.58. The molecule has 15 heavy (non-hydrogen) atoms. The van der Waals surface area contributed by atoms with Gasteiger partial charge in [0.05, 0.1) is 5.92 Å². The van der Waals surface area contributed by atoms with Crippen molar-refractivity contribution >= 4 is 20.1 Å². The van der Waals surface area contributed by atoms with E-state index in [-0.39, 0.29) is 27.1 Å². The second-order valence-corrected chi connectivity index (χ2v) is 4.99. The predicted molar refractivity (Wildman–Crippen MR) is 60.5 cm³/mol. The summed E-state index contributed by atoms with van der Waals surface area (Å²) in [5.74, 6) is -1.48. The van der Waals surface area contributed by atoms with Gasteiger partial charge in [0.15, 0.2) is 5.52 Å². The average Bonchev–Trinajstić information content (AvgIpc) is 2.17. The Morgan fingerprint density at radius 2 is 1.93 bits per heavy atom. The molecule has 0 aliphatic rings. The number of hydrogen-bond acceptors (Lipinski definition) is 3. The molecule has 2 atom stereocenters. The molecule has 0 rings (SSSR count). The molecule has 0 aliphatic heterocycles. The van der Waals surface area contributed by atoms with Crippen LogP contribution in [0.25, 0.3) is 0 Å². The van der Waals surface area contributed by atoms with E-state index in [0.717, 1.165) is 25.4 Å². The van der Waals surface area contributed by atoms with E-state index in [2.05, 4.69) is 0 Å². The van der Waals surface area contributed by atoms with Gasteiger partial charge in [-0.3, -0.25) is 9.59 Å². The molecular weight excluding hydrogens is 215 g/mol. The van der Waals surface area contributed by atoms with Crippen LogP contribution < -0.4 is 0 Å². The molecule has 0 aromatic rings. The Morgan fingerprint density at radius 3 is 2.47 bits per heavy atom. The van der Waals surface area contributed by atoms with Crippen LogP contribution in [0.5, 0.6) is 0 Å². The van der Waals surface area contributed by atoms with E-state index in [4.69, 9.17) is 10.2 Å². The Morgan fingerprint density at radius 1 is 1.27 bits per heavy atom. The number of carboxylic acid groups (broad SMARTS) is 1. The summed E-state index contributed by atoms with van der Waals surface area (Å²) in [5, 5.41) is 17.1. The highest BCUT2D eigenvalue weighted by molar-refractivity contribution is 7.57. The van der Waals surface area contributed by atoms with Crippen molar-refractivity contribution in [2.45, 2.75) is 32.6 Å². The van der Waals surface area contributed by atoms with Crippen LogP contribution in [0.15, 0.2) is 0 Å². The van der Waals surface area contributed by atoms with Gasteiger partial charge in [0, 0.05) is 13.0 Å². The Bertz CT molecular complexity index is 206. The van der Waals surface area contributed by atoms with Gasteiger partial charge in [0.1, 0.15) is 0 Å². The maximum Gasteiger partial charge on any atom is 0.306 e.